The van der Waals surface area contributed by atoms with Gasteiger partial charge in [-0.05, 0) is 48.0 Å². The molecule has 0 fully saturated rings. The number of ether oxygens (including phenoxy) is 2. The number of aromatic nitrogens is 2. The van der Waals surface area contributed by atoms with E-state index in [1.54, 1.807) is 61.7 Å². The fourth-order valence-electron chi connectivity index (χ4n) is 3.05. The van der Waals surface area contributed by atoms with Crippen LogP contribution in [-0.4, -0.2) is 23.2 Å². The quantitative estimate of drug-likeness (QED) is 0.447. The number of carbonyl (C=O) groups excluding carboxylic acids is 1. The highest BCUT2D eigenvalue weighted by atomic mass is 19.1. The van der Waals surface area contributed by atoms with E-state index in [0.29, 0.717) is 35.2 Å². The lowest BCUT2D eigenvalue weighted by Gasteiger charge is -2.09. The summed E-state index contributed by atoms with van der Waals surface area (Å²) in [6.45, 7) is 0.304. The predicted octanol–water partition coefficient (Wildman–Crippen LogP) is 5.01. The third-order valence-corrected chi connectivity index (χ3v) is 4.71. The third-order valence-electron chi connectivity index (χ3n) is 4.71. The van der Waals surface area contributed by atoms with Gasteiger partial charge in [-0.25, -0.2) is 4.39 Å². The second-order valence-electron chi connectivity index (χ2n) is 6.90. The van der Waals surface area contributed by atoms with Crippen LogP contribution in [0.4, 0.5) is 4.39 Å². The molecule has 0 saturated carbocycles. The van der Waals surface area contributed by atoms with Crippen molar-refractivity contribution in [3.05, 3.63) is 102 Å². The molecule has 0 unspecified atom stereocenters. The number of nitrogens with zero attached hydrogens (tertiary/aromatic N) is 2. The predicted molar refractivity (Wildman–Crippen MR) is 118 cm³/mol. The van der Waals surface area contributed by atoms with E-state index in [1.165, 1.54) is 12.1 Å². The Kier molecular flexibility index (Phi) is 6.36. The minimum absolute atomic E-state index is 0.236. The molecule has 0 bridgehead atoms. The number of carbonyl (C=O) groups is 1. The Morgan fingerprint density at radius 2 is 1.69 bits per heavy atom. The van der Waals surface area contributed by atoms with Crippen molar-refractivity contribution >= 4 is 5.91 Å². The van der Waals surface area contributed by atoms with Gasteiger partial charge >= 0.3 is 0 Å². The van der Waals surface area contributed by atoms with Gasteiger partial charge in [0, 0.05) is 23.7 Å². The Hall–Kier alpha value is -4.26. The van der Waals surface area contributed by atoms with Gasteiger partial charge in [-0.15, -0.1) is 10.2 Å². The van der Waals surface area contributed by atoms with Gasteiger partial charge < -0.3 is 14.8 Å². The van der Waals surface area contributed by atoms with Gasteiger partial charge in [0.15, 0.2) is 11.5 Å². The van der Waals surface area contributed by atoms with Gasteiger partial charge in [0.25, 0.3) is 5.91 Å². The number of halogens is 1. The maximum Gasteiger partial charge on any atom is 0.251 e. The Morgan fingerprint density at radius 3 is 2.41 bits per heavy atom. The molecule has 0 saturated heterocycles. The lowest BCUT2D eigenvalue weighted by atomic mass is 10.1. The lowest BCUT2D eigenvalue weighted by Crippen LogP contribution is -2.22. The fourth-order valence-corrected chi connectivity index (χ4v) is 3.05. The number of amides is 1. The van der Waals surface area contributed by atoms with Crippen LogP contribution in [0.15, 0.2) is 84.9 Å². The molecule has 160 valence electrons. The molecule has 0 aliphatic heterocycles. The van der Waals surface area contributed by atoms with Crippen molar-refractivity contribution in [1.82, 2.24) is 15.5 Å². The molecule has 4 aromatic rings. The van der Waals surface area contributed by atoms with Gasteiger partial charge in [-0.3, -0.25) is 4.79 Å². The molecule has 7 heteroatoms. The zero-order valence-electron chi connectivity index (χ0n) is 17.3. The van der Waals surface area contributed by atoms with Gasteiger partial charge in [0.05, 0.1) is 12.8 Å². The van der Waals surface area contributed by atoms with Crippen molar-refractivity contribution in [2.24, 2.45) is 0 Å². The molecule has 1 N–H and O–H groups in total. The Labute approximate surface area is 184 Å². The summed E-state index contributed by atoms with van der Waals surface area (Å²) in [4.78, 5) is 12.5. The molecular formula is C25H20FN3O3. The lowest BCUT2D eigenvalue weighted by molar-refractivity contribution is 0.0951. The summed E-state index contributed by atoms with van der Waals surface area (Å²) >= 11 is 0. The summed E-state index contributed by atoms with van der Waals surface area (Å²) in [6.07, 6.45) is 0. The minimum Gasteiger partial charge on any atom is -0.493 e. The third kappa shape index (κ3) is 5.07. The van der Waals surface area contributed by atoms with Crippen LogP contribution in [0.2, 0.25) is 0 Å². The topological polar surface area (TPSA) is 73.3 Å². The van der Waals surface area contributed by atoms with Crippen LogP contribution in [-0.2, 0) is 6.54 Å². The number of methoxy groups -OCH3 is 1. The molecule has 3 aromatic carbocycles. The van der Waals surface area contributed by atoms with Crippen LogP contribution in [0.3, 0.4) is 0 Å². The zero-order valence-corrected chi connectivity index (χ0v) is 17.3. The van der Waals surface area contributed by atoms with Crippen molar-refractivity contribution in [3.8, 4) is 28.6 Å². The zero-order chi connectivity index (χ0) is 22.3. The second kappa shape index (κ2) is 9.70. The highest BCUT2D eigenvalue weighted by Crippen LogP contribution is 2.30. The average Bonchev–Trinajstić information content (AvgIpc) is 2.84. The van der Waals surface area contributed by atoms with Crippen molar-refractivity contribution in [2.45, 2.75) is 6.54 Å². The van der Waals surface area contributed by atoms with Gasteiger partial charge in [-0.2, -0.15) is 0 Å². The van der Waals surface area contributed by atoms with Crippen LogP contribution in [0.5, 0.6) is 17.4 Å². The molecule has 0 spiro atoms. The van der Waals surface area contributed by atoms with E-state index in [2.05, 4.69) is 15.5 Å². The van der Waals surface area contributed by atoms with E-state index in [1.807, 2.05) is 18.2 Å². The van der Waals surface area contributed by atoms with E-state index in [9.17, 15) is 9.18 Å². The Balaban J connectivity index is 1.44. The summed E-state index contributed by atoms with van der Waals surface area (Å²) in [5.74, 6) is 0.912. The first-order valence-electron chi connectivity index (χ1n) is 9.90. The maximum atomic E-state index is 13.0. The second-order valence-corrected chi connectivity index (χ2v) is 6.90. The van der Waals surface area contributed by atoms with Gasteiger partial charge in [0.1, 0.15) is 5.82 Å². The number of hydrogen-bond donors (Lipinski definition) is 1. The Bertz CT molecular complexity index is 1210. The largest absolute Gasteiger partial charge is 0.493 e. The molecule has 0 aliphatic carbocycles. The molecule has 0 atom stereocenters. The van der Waals surface area contributed by atoms with Gasteiger partial charge in [0.2, 0.25) is 5.88 Å². The summed E-state index contributed by atoms with van der Waals surface area (Å²) < 4.78 is 24.0. The van der Waals surface area contributed by atoms with Crippen molar-refractivity contribution in [3.63, 3.8) is 0 Å². The maximum absolute atomic E-state index is 13.0. The Morgan fingerprint density at radius 1 is 0.906 bits per heavy atom. The molecule has 0 radical (unpaired) electrons. The molecule has 1 aromatic heterocycles. The molecule has 4 rings (SSSR count). The smallest absolute Gasteiger partial charge is 0.251 e. The number of nitrogens with one attached hydrogen (secondary N) is 1. The van der Waals surface area contributed by atoms with E-state index in [4.69, 9.17) is 9.47 Å². The SMILES string of the molecule is COc1ccccc1Oc1ccc(-c2cccc(C(=O)NCc3ccc(F)cc3)c2)nn1. The van der Waals surface area contributed by atoms with Crippen LogP contribution >= 0.6 is 0 Å². The van der Waals surface area contributed by atoms with Crippen molar-refractivity contribution < 1.29 is 18.7 Å². The summed E-state index contributed by atoms with van der Waals surface area (Å²) in [5, 5.41) is 11.2. The van der Waals surface area contributed by atoms with E-state index in [-0.39, 0.29) is 11.7 Å². The first-order chi connectivity index (χ1) is 15.6. The molecule has 1 heterocycles. The average molecular weight is 429 g/mol. The first-order valence-corrected chi connectivity index (χ1v) is 9.90. The summed E-state index contributed by atoms with van der Waals surface area (Å²) in [5.41, 5.74) is 2.65. The number of benzene rings is 3. The van der Waals surface area contributed by atoms with Gasteiger partial charge in [-0.1, -0.05) is 36.4 Å². The summed E-state index contributed by atoms with van der Waals surface area (Å²) in [7, 11) is 1.57. The molecule has 32 heavy (non-hydrogen) atoms. The van der Waals surface area contributed by atoms with Crippen LogP contribution in [0.1, 0.15) is 15.9 Å². The highest BCUT2D eigenvalue weighted by molar-refractivity contribution is 5.95. The van der Waals surface area contributed by atoms with E-state index in [0.717, 1.165) is 11.1 Å². The minimum atomic E-state index is -0.312. The van der Waals surface area contributed by atoms with Crippen molar-refractivity contribution in [1.29, 1.82) is 0 Å². The molecule has 1 amide bonds. The number of para-hydroxylation sites is 2. The van der Waals surface area contributed by atoms with E-state index < -0.39 is 0 Å². The molecule has 0 aliphatic rings. The van der Waals surface area contributed by atoms with E-state index >= 15 is 0 Å². The molecule has 6 nitrogen and oxygen atoms in total. The fraction of sp³-hybridized carbons (Fsp3) is 0.0800. The number of rotatable bonds is 7. The highest BCUT2D eigenvalue weighted by Gasteiger charge is 2.10. The summed E-state index contributed by atoms with van der Waals surface area (Å²) in [6, 6.07) is 23.8. The van der Waals surface area contributed by atoms with Crippen LogP contribution < -0.4 is 14.8 Å². The normalized spacial score (nSPS) is 10.4. The molecular weight excluding hydrogens is 409 g/mol. The standard InChI is InChI=1S/C25H20FN3O3/c1-31-22-7-2-3-8-23(22)32-24-14-13-21(28-29-24)18-5-4-6-19(15-18)25(30)27-16-17-9-11-20(26)12-10-17/h2-15H,16H2,1H3,(H,27,30). The number of hydrogen-bond acceptors (Lipinski definition) is 5. The van der Waals surface area contributed by atoms with Crippen molar-refractivity contribution in [2.75, 3.05) is 7.11 Å². The van der Waals surface area contributed by atoms with Crippen LogP contribution in [0.25, 0.3) is 11.3 Å². The monoisotopic (exact) mass is 429 g/mol. The van der Waals surface area contributed by atoms with Crippen LogP contribution in [0, 0.1) is 5.82 Å². The first kappa shape index (κ1) is 21.0.